The average Bonchev–Trinajstić information content (AvgIpc) is 2.40. The van der Waals surface area contributed by atoms with Crippen molar-refractivity contribution in [1.29, 1.82) is 0 Å². The molecule has 0 aliphatic rings. The Hall–Kier alpha value is -1.07. The second-order valence-electron chi connectivity index (χ2n) is 4.24. The summed E-state index contributed by atoms with van der Waals surface area (Å²) in [5, 5.41) is 9.99. The molecule has 106 valence electrons. The third-order valence-electron chi connectivity index (χ3n) is 2.82. The molecule has 0 saturated heterocycles. The maximum atomic E-state index is 11.5. The number of benzene rings is 1. The van der Waals surface area contributed by atoms with Crippen LogP contribution >= 0.6 is 15.9 Å². The van der Waals surface area contributed by atoms with E-state index in [0.717, 1.165) is 18.4 Å². The predicted octanol–water partition coefficient (Wildman–Crippen LogP) is 3.14. The summed E-state index contributed by atoms with van der Waals surface area (Å²) in [5.74, 6) is -0.0634. The van der Waals surface area contributed by atoms with E-state index in [1.165, 1.54) is 7.11 Å². The molecule has 1 rings (SSSR count). The topological polar surface area (TPSA) is 55.8 Å². The van der Waals surface area contributed by atoms with Crippen LogP contribution in [-0.4, -0.2) is 24.8 Å². The number of unbranched alkanes of at least 4 members (excludes halogenated alkanes) is 1. The van der Waals surface area contributed by atoms with Crippen molar-refractivity contribution in [2.75, 3.05) is 13.7 Å². The summed E-state index contributed by atoms with van der Waals surface area (Å²) in [5.41, 5.74) is 1.29. The molecule has 1 atom stereocenters. The number of aliphatic hydroxyl groups excluding tert-OH is 1. The molecule has 1 aromatic rings. The zero-order valence-corrected chi connectivity index (χ0v) is 13.0. The van der Waals surface area contributed by atoms with Crippen molar-refractivity contribution in [1.82, 2.24) is 0 Å². The number of carbonyl (C=O) groups is 1. The molecule has 0 spiro atoms. The highest BCUT2D eigenvalue weighted by molar-refractivity contribution is 9.10. The molecule has 19 heavy (non-hydrogen) atoms. The zero-order chi connectivity index (χ0) is 14.4. The Morgan fingerprint density at radius 1 is 1.47 bits per heavy atom. The number of methoxy groups -OCH3 is 1. The van der Waals surface area contributed by atoms with E-state index in [1.54, 1.807) is 0 Å². The Morgan fingerprint density at radius 3 is 2.74 bits per heavy atom. The van der Waals surface area contributed by atoms with Crippen molar-refractivity contribution in [2.24, 2.45) is 0 Å². The van der Waals surface area contributed by atoms with Crippen LogP contribution in [-0.2, 0) is 9.53 Å². The quantitative estimate of drug-likeness (QED) is 0.643. The minimum Gasteiger partial charge on any atom is -0.492 e. The number of esters is 1. The van der Waals surface area contributed by atoms with Gasteiger partial charge in [-0.1, -0.05) is 19.4 Å². The fourth-order valence-corrected chi connectivity index (χ4v) is 2.45. The lowest BCUT2D eigenvalue weighted by Crippen LogP contribution is -2.15. The van der Waals surface area contributed by atoms with Crippen molar-refractivity contribution in [2.45, 2.75) is 32.8 Å². The SMILES string of the molecule is CCCCOc1ccc(C)c([C@H](O)C(=O)OC)c1Br. The van der Waals surface area contributed by atoms with E-state index in [-0.39, 0.29) is 0 Å². The summed E-state index contributed by atoms with van der Waals surface area (Å²) in [6.07, 6.45) is 0.685. The summed E-state index contributed by atoms with van der Waals surface area (Å²) >= 11 is 3.39. The Labute approximate surface area is 121 Å². The van der Waals surface area contributed by atoms with Gasteiger partial charge in [-0.25, -0.2) is 4.79 Å². The molecular formula is C14H19BrO4. The van der Waals surface area contributed by atoms with E-state index in [2.05, 4.69) is 27.6 Å². The van der Waals surface area contributed by atoms with Gasteiger partial charge in [0.05, 0.1) is 18.2 Å². The minimum absolute atomic E-state index is 0.487. The molecular weight excluding hydrogens is 312 g/mol. The van der Waals surface area contributed by atoms with Gasteiger partial charge in [0, 0.05) is 5.56 Å². The zero-order valence-electron chi connectivity index (χ0n) is 11.4. The highest BCUT2D eigenvalue weighted by atomic mass is 79.9. The highest BCUT2D eigenvalue weighted by Gasteiger charge is 2.24. The molecule has 0 amide bonds. The largest absolute Gasteiger partial charge is 0.492 e. The standard InChI is InChI=1S/C14H19BrO4/c1-4-5-8-19-10-7-6-9(2)11(12(10)15)13(16)14(17)18-3/h6-7,13,16H,4-5,8H2,1-3H3/t13-/m0/s1. The number of carbonyl (C=O) groups excluding carboxylic acids is 1. The Balaban J connectivity index is 3.03. The molecule has 0 fully saturated rings. The maximum Gasteiger partial charge on any atom is 0.339 e. The first-order chi connectivity index (χ1) is 9.02. The van der Waals surface area contributed by atoms with Crippen molar-refractivity contribution in [3.05, 3.63) is 27.7 Å². The van der Waals surface area contributed by atoms with Crippen LogP contribution in [0.15, 0.2) is 16.6 Å². The third kappa shape index (κ3) is 3.94. The normalized spacial score (nSPS) is 12.1. The second-order valence-corrected chi connectivity index (χ2v) is 5.03. The van der Waals surface area contributed by atoms with Gasteiger partial charge in [0.25, 0.3) is 0 Å². The van der Waals surface area contributed by atoms with Crippen molar-refractivity contribution in [3.63, 3.8) is 0 Å². The summed E-state index contributed by atoms with van der Waals surface area (Å²) in [7, 11) is 1.25. The van der Waals surface area contributed by atoms with E-state index in [0.29, 0.717) is 22.4 Å². The first kappa shape index (κ1) is 16.0. The summed E-state index contributed by atoms with van der Waals surface area (Å²) in [4.78, 5) is 11.5. The fraction of sp³-hybridized carbons (Fsp3) is 0.500. The van der Waals surface area contributed by atoms with E-state index in [9.17, 15) is 9.90 Å². The smallest absolute Gasteiger partial charge is 0.339 e. The molecule has 0 radical (unpaired) electrons. The molecule has 0 bridgehead atoms. The number of rotatable bonds is 6. The van der Waals surface area contributed by atoms with Gasteiger partial charge in [-0.05, 0) is 40.9 Å². The van der Waals surface area contributed by atoms with Crippen molar-refractivity contribution in [3.8, 4) is 5.75 Å². The van der Waals surface area contributed by atoms with Gasteiger partial charge in [-0.2, -0.15) is 0 Å². The van der Waals surface area contributed by atoms with Crippen LogP contribution < -0.4 is 4.74 Å². The summed E-state index contributed by atoms with van der Waals surface area (Å²) < 4.78 is 10.8. The molecule has 0 aromatic heterocycles. The molecule has 1 aromatic carbocycles. The van der Waals surface area contributed by atoms with Crippen LogP contribution in [0.5, 0.6) is 5.75 Å². The summed E-state index contributed by atoms with van der Waals surface area (Å²) in [6, 6.07) is 3.64. The van der Waals surface area contributed by atoms with E-state index in [1.807, 2.05) is 19.1 Å². The van der Waals surface area contributed by atoms with E-state index >= 15 is 0 Å². The fourth-order valence-electron chi connectivity index (χ4n) is 1.67. The van der Waals surface area contributed by atoms with Crippen LogP contribution in [0.2, 0.25) is 0 Å². The van der Waals surface area contributed by atoms with E-state index in [4.69, 9.17) is 4.74 Å². The molecule has 0 aliphatic carbocycles. The average molecular weight is 331 g/mol. The number of ether oxygens (including phenoxy) is 2. The Kier molecular flexibility index (Phi) is 6.31. The number of hydrogen-bond donors (Lipinski definition) is 1. The maximum absolute atomic E-state index is 11.5. The van der Waals surface area contributed by atoms with Crippen LogP contribution in [0.25, 0.3) is 0 Å². The monoisotopic (exact) mass is 330 g/mol. The molecule has 5 heteroatoms. The van der Waals surface area contributed by atoms with E-state index < -0.39 is 12.1 Å². The van der Waals surface area contributed by atoms with Gasteiger partial charge in [-0.3, -0.25) is 0 Å². The van der Waals surface area contributed by atoms with Gasteiger partial charge in [0.2, 0.25) is 0 Å². The first-order valence-electron chi connectivity index (χ1n) is 6.20. The molecule has 0 aliphatic heterocycles. The van der Waals surface area contributed by atoms with Gasteiger partial charge in [0.15, 0.2) is 6.10 Å². The number of hydrogen-bond acceptors (Lipinski definition) is 4. The number of halogens is 1. The van der Waals surface area contributed by atoms with Gasteiger partial charge >= 0.3 is 5.97 Å². The van der Waals surface area contributed by atoms with Gasteiger partial charge in [0.1, 0.15) is 5.75 Å². The molecule has 4 nitrogen and oxygen atoms in total. The van der Waals surface area contributed by atoms with Gasteiger partial charge in [-0.15, -0.1) is 0 Å². The predicted molar refractivity (Wildman–Crippen MR) is 76.3 cm³/mol. The second kappa shape index (κ2) is 7.50. The highest BCUT2D eigenvalue weighted by Crippen LogP contribution is 2.35. The van der Waals surface area contributed by atoms with Crippen LogP contribution in [0.1, 0.15) is 37.0 Å². The Morgan fingerprint density at radius 2 is 2.16 bits per heavy atom. The van der Waals surface area contributed by atoms with Crippen molar-refractivity contribution >= 4 is 21.9 Å². The molecule has 0 unspecified atom stereocenters. The summed E-state index contributed by atoms with van der Waals surface area (Å²) in [6.45, 7) is 4.51. The number of aryl methyl sites for hydroxylation is 1. The lowest BCUT2D eigenvalue weighted by Gasteiger charge is -2.17. The lowest BCUT2D eigenvalue weighted by atomic mass is 10.0. The van der Waals surface area contributed by atoms with Crippen LogP contribution in [0.3, 0.4) is 0 Å². The first-order valence-corrected chi connectivity index (χ1v) is 6.99. The third-order valence-corrected chi connectivity index (χ3v) is 3.63. The van der Waals surface area contributed by atoms with Crippen LogP contribution in [0, 0.1) is 6.92 Å². The lowest BCUT2D eigenvalue weighted by molar-refractivity contribution is -0.150. The van der Waals surface area contributed by atoms with Crippen LogP contribution in [0.4, 0.5) is 0 Å². The molecule has 0 heterocycles. The van der Waals surface area contributed by atoms with Gasteiger partial charge < -0.3 is 14.6 Å². The molecule has 1 N–H and O–H groups in total. The molecule has 0 saturated carbocycles. The minimum atomic E-state index is -1.31. The Bertz CT molecular complexity index is 445. The number of aliphatic hydroxyl groups is 1. The van der Waals surface area contributed by atoms with Crippen molar-refractivity contribution < 1.29 is 19.4 Å².